The molecule has 9 nitrogen and oxygen atoms in total. The third-order valence-corrected chi connectivity index (χ3v) is 22.5. The number of esters is 2. The van der Waals surface area contributed by atoms with E-state index >= 15 is 0 Å². The summed E-state index contributed by atoms with van der Waals surface area (Å²) in [7, 11) is -2.18. The van der Waals surface area contributed by atoms with Gasteiger partial charge in [-0.25, -0.2) is 9.59 Å². The van der Waals surface area contributed by atoms with E-state index in [1.54, 1.807) is 0 Å². The van der Waals surface area contributed by atoms with Gasteiger partial charge in [0, 0.05) is 40.9 Å². The molecule has 2 N–H and O–H groups in total. The summed E-state index contributed by atoms with van der Waals surface area (Å²) in [6.45, 7) is 18.1. The first-order valence-corrected chi connectivity index (χ1v) is 28.3. The van der Waals surface area contributed by atoms with E-state index in [-0.39, 0.29) is 40.6 Å². The van der Waals surface area contributed by atoms with Crippen LogP contribution in [0.5, 0.6) is 0 Å². The minimum Gasteiger partial charge on any atom is -0.461 e. The molecule has 4 fully saturated rings. The van der Waals surface area contributed by atoms with Crippen molar-refractivity contribution >= 4 is 58.8 Å². The number of hydrogen-bond donors (Lipinski definition) is 2. The van der Waals surface area contributed by atoms with Crippen LogP contribution < -0.4 is 21.2 Å². The van der Waals surface area contributed by atoms with Crippen LogP contribution in [0.3, 0.4) is 0 Å². The van der Waals surface area contributed by atoms with Crippen molar-refractivity contribution in [3.63, 3.8) is 0 Å². The molecule has 4 aromatic carbocycles. The largest absolute Gasteiger partial charge is 0.461 e. The molecule has 4 aliphatic carbocycles. The lowest BCUT2D eigenvalue weighted by Crippen LogP contribution is -2.63. The fraction of sp³-hybridized carbons (Fsp3) is 0.492. The third kappa shape index (κ3) is 10.2. The van der Waals surface area contributed by atoms with E-state index in [1.165, 1.54) is 27.7 Å². The number of aliphatic hydroxyl groups excluding tert-OH is 1. The Hall–Kier alpha value is -4.76. The van der Waals surface area contributed by atoms with Gasteiger partial charge in [-0.3, -0.25) is 9.59 Å². The highest BCUT2D eigenvalue weighted by molar-refractivity contribution is 8.00. The van der Waals surface area contributed by atoms with Crippen LogP contribution in [0, 0.1) is 34.0 Å². The zero-order valence-corrected chi connectivity index (χ0v) is 43.8. The van der Waals surface area contributed by atoms with Gasteiger partial charge in [0.25, 0.3) is 0 Å². The number of aliphatic hydroxyl groups is 1. The number of alkyl carbamates (subject to hydrolysis) is 1. The number of thioether (sulfide) groups is 1. The van der Waals surface area contributed by atoms with Crippen molar-refractivity contribution in [2.75, 3.05) is 5.75 Å². The van der Waals surface area contributed by atoms with Gasteiger partial charge >= 0.3 is 18.0 Å². The molecule has 70 heavy (non-hydrogen) atoms. The number of ether oxygens (including phenoxy) is 3. The Morgan fingerprint density at radius 1 is 0.829 bits per heavy atom. The molecule has 372 valence electrons. The summed E-state index contributed by atoms with van der Waals surface area (Å²) in [5.41, 5.74) is -0.922. The van der Waals surface area contributed by atoms with E-state index in [1.807, 2.05) is 58.0 Å². The number of rotatable bonds is 13. The fourth-order valence-electron chi connectivity index (χ4n) is 13.0. The van der Waals surface area contributed by atoms with Crippen LogP contribution in [0.4, 0.5) is 4.79 Å². The average molecular weight is 987 g/mol. The maximum Gasteiger partial charge on any atom is 0.407 e. The topological polar surface area (TPSA) is 128 Å². The lowest BCUT2D eigenvalue weighted by molar-refractivity contribution is -0.203. The molecule has 0 heterocycles. The minimum atomic E-state index is -2.18. The number of nitrogens with one attached hydrogen (secondary N) is 1. The van der Waals surface area contributed by atoms with Crippen LogP contribution in [0.2, 0.25) is 0 Å². The zero-order chi connectivity index (χ0) is 50.1. The Morgan fingerprint density at radius 3 is 1.97 bits per heavy atom. The maximum atomic E-state index is 14.2. The Kier molecular flexibility index (Phi) is 15.3. The first kappa shape index (κ1) is 51.6. The second kappa shape index (κ2) is 20.8. The molecule has 0 aromatic heterocycles. The van der Waals surface area contributed by atoms with E-state index in [2.05, 4.69) is 124 Å². The molecule has 1 amide bonds. The second-order valence-electron chi connectivity index (χ2n) is 22.2. The van der Waals surface area contributed by atoms with Gasteiger partial charge in [0.1, 0.15) is 46.8 Å². The second-order valence-corrected chi connectivity index (χ2v) is 26.9. The maximum absolute atomic E-state index is 14.2. The van der Waals surface area contributed by atoms with Gasteiger partial charge in [0.05, 0.1) is 23.6 Å². The van der Waals surface area contributed by atoms with Crippen LogP contribution in [0.25, 0.3) is 0 Å². The predicted octanol–water partition coefficient (Wildman–Crippen LogP) is 10.8. The summed E-state index contributed by atoms with van der Waals surface area (Å²) in [5.74, 6) is -0.890. The van der Waals surface area contributed by atoms with Gasteiger partial charge in [-0.15, -0.1) is 18.3 Å². The molecule has 0 saturated heterocycles. The first-order chi connectivity index (χ1) is 33.3. The Bertz CT molecular complexity index is 2400. The lowest BCUT2D eigenvalue weighted by Gasteiger charge is -2.62. The van der Waals surface area contributed by atoms with Crippen molar-refractivity contribution in [2.24, 2.45) is 34.0 Å². The van der Waals surface area contributed by atoms with Crippen molar-refractivity contribution in [1.29, 1.82) is 0 Å². The van der Waals surface area contributed by atoms with Crippen molar-refractivity contribution in [3.05, 3.63) is 139 Å². The summed E-state index contributed by atoms with van der Waals surface area (Å²) < 4.78 is 18.6. The monoisotopic (exact) mass is 986 g/mol. The van der Waals surface area contributed by atoms with Crippen LogP contribution >= 0.6 is 19.0 Å². The number of hydrogen-bond acceptors (Lipinski definition) is 9. The van der Waals surface area contributed by atoms with Crippen LogP contribution in [0.1, 0.15) is 116 Å². The average Bonchev–Trinajstić information content (AvgIpc) is 3.72. The smallest absolute Gasteiger partial charge is 0.407 e. The zero-order valence-electron chi connectivity index (χ0n) is 42.1. The fourth-order valence-corrected chi connectivity index (χ4v) is 18.4. The highest BCUT2D eigenvalue weighted by Crippen LogP contribution is 2.68. The van der Waals surface area contributed by atoms with Gasteiger partial charge in [-0.1, -0.05) is 101 Å². The van der Waals surface area contributed by atoms with E-state index < -0.39 is 65.5 Å². The summed E-state index contributed by atoms with van der Waals surface area (Å²) in [4.78, 5) is 55.4. The molecule has 0 spiro atoms. The summed E-state index contributed by atoms with van der Waals surface area (Å²) >= 11 is 1.40. The SMILES string of the molecule is C=C[C@]1(C)C[C@@H](OC(=O)CS[C@@H]2CC[C@@H](NC(=O)OC(C)(C)C)C[C@H]2OC(=O)c2ccc(C[P+](c3ccccc3)(c3ccccc3)c3ccccc3)cc2)[C@]2(C)CC[C@@H](C)[C@@]3(CCC(=O)[C@@H]23)[C@@H](C)[C@@H]1O. The molecule has 4 saturated carbocycles. The normalized spacial score (nSPS) is 31.0. The first-order valence-electron chi connectivity index (χ1n) is 25.3. The van der Waals surface area contributed by atoms with Gasteiger partial charge < -0.3 is 24.6 Å². The van der Waals surface area contributed by atoms with Crippen molar-refractivity contribution < 1.29 is 38.5 Å². The molecule has 0 radical (unpaired) electrons. The van der Waals surface area contributed by atoms with Gasteiger partial charge in [-0.2, -0.15) is 0 Å². The van der Waals surface area contributed by atoms with Crippen molar-refractivity contribution in [1.82, 2.24) is 5.32 Å². The molecular formula is C59H73NO8PS+. The molecule has 0 aliphatic heterocycles. The van der Waals surface area contributed by atoms with Crippen LogP contribution in [-0.4, -0.2) is 69.9 Å². The molecule has 11 heteroatoms. The Labute approximate surface area is 420 Å². The van der Waals surface area contributed by atoms with Crippen molar-refractivity contribution in [2.45, 2.75) is 141 Å². The van der Waals surface area contributed by atoms with Gasteiger partial charge in [-0.05, 0) is 131 Å². The van der Waals surface area contributed by atoms with E-state index in [4.69, 9.17) is 14.2 Å². The molecule has 4 aliphatic rings. The molecule has 8 rings (SSSR count). The standard InChI is InChI=1S/C59H72NO8PS/c1-9-57(7)36-50(58(8)33-31-39(2)59(40(3)53(57)63)34-32-47(61)52(58)59)67-51(62)38-70-49-30-29-43(60-55(65)68-56(4,5)6)35-48(49)66-54(64)42-27-25-41(26-28-42)37-69(44-19-13-10-14-20-44,45-21-15-11-16-22-45)46-23-17-12-18-24-46/h9-28,39-40,43,48-50,52-53,63H,1,29-38H2,2-8H3/p+1/t39-,40+,43-,48-,49-,50-,52+,53+,57-,58+,59+/m1/s1. The van der Waals surface area contributed by atoms with Crippen LogP contribution in [-0.2, 0) is 30.0 Å². The number of amides is 1. The highest BCUT2D eigenvalue weighted by atomic mass is 32.2. The lowest BCUT2D eigenvalue weighted by atomic mass is 9.43. The number of carbonyl (C=O) groups excluding carboxylic acids is 4. The number of ketones is 1. The third-order valence-electron chi connectivity index (χ3n) is 16.8. The summed E-state index contributed by atoms with van der Waals surface area (Å²) in [5, 5.41) is 18.6. The molecule has 2 bridgehead atoms. The minimum absolute atomic E-state index is 0.00315. The number of carbonyl (C=O) groups is 4. The van der Waals surface area contributed by atoms with Crippen LogP contribution in [0.15, 0.2) is 128 Å². The molecular weight excluding hydrogens is 914 g/mol. The van der Waals surface area contributed by atoms with Crippen molar-refractivity contribution in [3.8, 4) is 0 Å². The quantitative estimate of drug-likeness (QED) is 0.0582. The van der Waals surface area contributed by atoms with Gasteiger partial charge in [0.15, 0.2) is 0 Å². The highest BCUT2D eigenvalue weighted by Gasteiger charge is 2.68. The number of Topliss-reactive ketones (excluding diaryl/α,β-unsaturated/α-hetero) is 1. The molecule has 0 unspecified atom stereocenters. The molecule has 4 aromatic rings. The molecule has 11 atom stereocenters. The Morgan fingerprint density at radius 2 is 1.41 bits per heavy atom. The van der Waals surface area contributed by atoms with E-state index in [0.29, 0.717) is 37.7 Å². The Balaban J connectivity index is 1.01. The van der Waals surface area contributed by atoms with E-state index in [9.17, 15) is 24.3 Å². The summed E-state index contributed by atoms with van der Waals surface area (Å²) in [6.07, 6.45) is 4.71. The van der Waals surface area contributed by atoms with E-state index in [0.717, 1.165) is 31.0 Å². The predicted molar refractivity (Wildman–Crippen MR) is 282 cm³/mol. The van der Waals surface area contributed by atoms with Gasteiger partial charge in [0.2, 0.25) is 0 Å². The number of benzene rings is 4. The summed E-state index contributed by atoms with van der Waals surface area (Å²) in [6, 6.07) is 39.5.